The molecule has 12 atom stereocenters. The maximum absolute atomic E-state index is 14.5. The fourth-order valence-corrected chi connectivity index (χ4v) is 15.9. The van der Waals surface area contributed by atoms with Crippen LogP contribution in [0.15, 0.2) is 46.9 Å². The molecular formula is C44H46N4O8. The van der Waals surface area contributed by atoms with Crippen LogP contribution in [0.4, 0.5) is 11.4 Å². The molecule has 12 aliphatic rings. The third-order valence-corrected chi connectivity index (χ3v) is 17.6. The first-order valence-corrected chi connectivity index (χ1v) is 20.8. The summed E-state index contributed by atoms with van der Waals surface area (Å²) in [4.78, 5) is 38.7. The van der Waals surface area contributed by atoms with E-state index in [0.717, 1.165) is 86.3 Å². The molecule has 12 nitrogen and oxygen atoms in total. The molecule has 2 aliphatic carbocycles. The van der Waals surface area contributed by atoms with Gasteiger partial charge in [-0.25, -0.2) is 0 Å². The molecule has 0 radical (unpaired) electrons. The number of anilines is 2. The zero-order valence-electron chi connectivity index (χ0n) is 32.2. The number of amides is 2. The summed E-state index contributed by atoms with van der Waals surface area (Å²) in [6.07, 6.45) is 4.30. The molecule has 4 bridgehead atoms. The Hall–Kier alpha value is -4.42. The monoisotopic (exact) mass is 758 g/mol. The highest BCUT2D eigenvalue weighted by Gasteiger charge is 2.75. The Morgan fingerprint density at radius 3 is 1.43 bits per heavy atom. The summed E-state index contributed by atoms with van der Waals surface area (Å²) in [6.45, 7) is 3.64. The van der Waals surface area contributed by atoms with Crippen molar-refractivity contribution in [3.63, 3.8) is 0 Å². The second-order valence-corrected chi connectivity index (χ2v) is 18.7. The fraction of sp³-hybridized carbons (Fsp3) is 0.591. The van der Waals surface area contributed by atoms with Gasteiger partial charge in [-0.1, -0.05) is 0 Å². The summed E-state index contributed by atoms with van der Waals surface area (Å²) < 4.78 is 38.0. The van der Waals surface area contributed by atoms with Gasteiger partial charge in [-0.15, -0.1) is 0 Å². The van der Waals surface area contributed by atoms with Gasteiger partial charge in [0, 0.05) is 60.0 Å². The standard InChI is InChI=1S/C44H46N4O8/c1-51-27-11-23-25(13-29(27)53-3)47-35(49)15-31-37-19-9-33-43(23,41(37)47)5-7-45(33)17-21(19)39(55-31)40-22-18-46-8-6-44-24-12-28(52-2)30(54-4)14-26(24)48-36(50)16-32(56-40)38(42(44)48)20(22)10-34(44)46/h11-14,19-20,31-34,37-38,41-42H,5-10,15-18H2,1-4H3/t19-,20-,31-,32+,33+,34-,37-,38+,41+,42-,43-,44-/m0/s1. The summed E-state index contributed by atoms with van der Waals surface area (Å²) in [6, 6.07) is 9.15. The number of carbonyl (C=O) groups excluding carboxylic acids is 2. The van der Waals surface area contributed by atoms with E-state index in [2.05, 4.69) is 31.7 Å². The molecular weight excluding hydrogens is 713 g/mol. The Morgan fingerprint density at radius 2 is 1.02 bits per heavy atom. The number of benzene rings is 2. The minimum absolute atomic E-state index is 0.0233. The second-order valence-electron chi connectivity index (χ2n) is 18.7. The first-order chi connectivity index (χ1) is 27.3. The first-order valence-electron chi connectivity index (χ1n) is 20.8. The molecule has 12 heteroatoms. The van der Waals surface area contributed by atoms with Crippen LogP contribution in [0, 0.1) is 23.7 Å². The summed E-state index contributed by atoms with van der Waals surface area (Å²) in [5.41, 5.74) is 6.82. The van der Waals surface area contributed by atoms with Crippen molar-refractivity contribution in [2.75, 3.05) is 64.4 Å². The molecule has 290 valence electrons. The molecule has 2 spiro atoms. The lowest BCUT2D eigenvalue weighted by molar-refractivity contribution is -0.141. The summed E-state index contributed by atoms with van der Waals surface area (Å²) in [5.74, 6) is 5.79. The average molecular weight is 759 g/mol. The van der Waals surface area contributed by atoms with Gasteiger partial charge in [-0.05, 0) is 85.0 Å². The zero-order chi connectivity index (χ0) is 37.3. The molecule has 2 aromatic carbocycles. The molecule has 10 aliphatic heterocycles. The van der Waals surface area contributed by atoms with Gasteiger partial charge in [0.05, 0.1) is 64.7 Å². The Morgan fingerprint density at radius 1 is 0.607 bits per heavy atom. The molecule has 2 aromatic rings. The van der Waals surface area contributed by atoms with Gasteiger partial charge >= 0.3 is 0 Å². The van der Waals surface area contributed by atoms with E-state index in [-0.39, 0.29) is 58.8 Å². The minimum atomic E-state index is -0.232. The molecule has 8 fully saturated rings. The number of hydrogen-bond donors (Lipinski definition) is 0. The highest BCUT2D eigenvalue weighted by atomic mass is 16.5. The number of hydrogen-bond acceptors (Lipinski definition) is 10. The predicted octanol–water partition coefficient (Wildman–Crippen LogP) is 3.89. The van der Waals surface area contributed by atoms with E-state index in [9.17, 15) is 9.59 Å². The molecule has 6 saturated heterocycles. The number of carbonyl (C=O) groups is 2. The lowest BCUT2D eigenvalue weighted by atomic mass is 9.52. The molecule has 56 heavy (non-hydrogen) atoms. The summed E-state index contributed by atoms with van der Waals surface area (Å²) in [5, 5.41) is 0. The molecule has 2 saturated carbocycles. The number of piperidine rings is 4. The van der Waals surface area contributed by atoms with Crippen molar-refractivity contribution >= 4 is 23.2 Å². The van der Waals surface area contributed by atoms with Crippen LogP contribution in [0.1, 0.15) is 49.7 Å². The lowest BCUT2D eigenvalue weighted by Gasteiger charge is -2.62. The fourth-order valence-electron chi connectivity index (χ4n) is 15.9. The highest BCUT2D eigenvalue weighted by molar-refractivity contribution is 6.01. The largest absolute Gasteiger partial charge is 0.493 e. The van der Waals surface area contributed by atoms with E-state index in [1.54, 1.807) is 28.4 Å². The molecule has 0 unspecified atom stereocenters. The van der Waals surface area contributed by atoms with Gasteiger partial charge in [-0.3, -0.25) is 19.4 Å². The van der Waals surface area contributed by atoms with Gasteiger partial charge in [-0.2, -0.15) is 0 Å². The SMILES string of the molecule is COc1cc2c(cc1OC)[C@]13CCN4CC5=C(C6=C7CN8CC[C@]9%10c%11cc(OC)c(OC)cc%11N%11C(=O)C[C@H](O6)[C@H]([C@H]7C[C@@H]89)[C@@H]%11%10)O[C@@H]6CC(=O)N2[C@H]1[C@@H]6[C@H]5C[C@H]43. The van der Waals surface area contributed by atoms with Gasteiger partial charge in [0.15, 0.2) is 34.5 Å². The number of nitrogens with zero attached hydrogens (tertiary/aromatic N) is 4. The first kappa shape index (κ1) is 31.6. The van der Waals surface area contributed by atoms with Crippen LogP contribution >= 0.6 is 0 Å². The Kier molecular flexibility index (Phi) is 5.64. The van der Waals surface area contributed by atoms with Crippen LogP contribution in [0.5, 0.6) is 23.0 Å². The average Bonchev–Trinajstić information content (AvgIpc) is 3.96. The van der Waals surface area contributed by atoms with E-state index in [1.807, 2.05) is 12.1 Å². The topological polar surface area (TPSA) is 102 Å². The second kappa shape index (κ2) is 9.99. The Balaban J connectivity index is 0.916. The predicted molar refractivity (Wildman–Crippen MR) is 201 cm³/mol. The van der Waals surface area contributed by atoms with E-state index in [4.69, 9.17) is 28.4 Å². The number of ether oxygens (including phenoxy) is 6. The maximum Gasteiger partial charge on any atom is 0.231 e. The zero-order valence-corrected chi connectivity index (χ0v) is 32.2. The van der Waals surface area contributed by atoms with Crippen molar-refractivity contribution in [1.82, 2.24) is 9.80 Å². The van der Waals surface area contributed by atoms with Crippen molar-refractivity contribution in [2.24, 2.45) is 23.7 Å². The smallest absolute Gasteiger partial charge is 0.231 e. The third-order valence-electron chi connectivity index (χ3n) is 17.6. The van der Waals surface area contributed by atoms with Crippen LogP contribution in [-0.2, 0) is 29.9 Å². The Labute approximate surface area is 325 Å². The maximum atomic E-state index is 14.5. The number of fused-ring (bicyclic) bond motifs is 4. The molecule has 0 aromatic heterocycles. The summed E-state index contributed by atoms with van der Waals surface area (Å²) >= 11 is 0. The lowest BCUT2D eigenvalue weighted by Crippen LogP contribution is -2.71. The Bertz CT molecular complexity index is 2160. The van der Waals surface area contributed by atoms with Gasteiger partial charge in [0.2, 0.25) is 11.8 Å². The molecule has 0 N–H and O–H groups in total. The van der Waals surface area contributed by atoms with Gasteiger partial charge < -0.3 is 38.2 Å². The molecule has 10 heterocycles. The van der Waals surface area contributed by atoms with Crippen molar-refractivity contribution in [3.05, 3.63) is 58.1 Å². The number of methoxy groups -OCH3 is 4. The van der Waals surface area contributed by atoms with Crippen LogP contribution in [0.25, 0.3) is 0 Å². The van der Waals surface area contributed by atoms with Crippen LogP contribution in [-0.4, -0.2) is 113 Å². The van der Waals surface area contributed by atoms with Crippen LogP contribution < -0.4 is 28.7 Å². The van der Waals surface area contributed by atoms with E-state index >= 15 is 0 Å². The minimum Gasteiger partial charge on any atom is -0.493 e. The van der Waals surface area contributed by atoms with E-state index in [1.165, 1.54) is 22.3 Å². The normalized spacial score (nSPS) is 42.1. The summed E-state index contributed by atoms with van der Waals surface area (Å²) in [7, 11) is 6.73. The van der Waals surface area contributed by atoms with Crippen molar-refractivity contribution in [1.29, 1.82) is 0 Å². The van der Waals surface area contributed by atoms with Crippen molar-refractivity contribution in [3.8, 4) is 23.0 Å². The van der Waals surface area contributed by atoms with Crippen LogP contribution in [0.2, 0.25) is 0 Å². The molecule has 2 amide bonds. The van der Waals surface area contributed by atoms with Crippen molar-refractivity contribution < 1.29 is 38.0 Å². The van der Waals surface area contributed by atoms with Gasteiger partial charge in [0.25, 0.3) is 0 Å². The third kappa shape index (κ3) is 3.19. The van der Waals surface area contributed by atoms with E-state index < -0.39 is 0 Å². The van der Waals surface area contributed by atoms with Crippen molar-refractivity contribution in [2.45, 2.75) is 85.7 Å². The molecule has 14 rings (SSSR count). The van der Waals surface area contributed by atoms with E-state index in [0.29, 0.717) is 48.3 Å². The number of rotatable bonds is 5. The quantitative estimate of drug-likeness (QED) is 0.447. The highest BCUT2D eigenvalue weighted by Crippen LogP contribution is 2.71. The van der Waals surface area contributed by atoms with Gasteiger partial charge in [0.1, 0.15) is 12.2 Å². The van der Waals surface area contributed by atoms with Crippen LogP contribution in [0.3, 0.4) is 0 Å².